The molecule has 2 rings (SSSR count). The number of carbonyl (C=O) groups is 2. The summed E-state index contributed by atoms with van der Waals surface area (Å²) in [6.45, 7) is 3.77. The highest BCUT2D eigenvalue weighted by molar-refractivity contribution is 5.97. The maximum Gasteiger partial charge on any atom is 0.254 e. The maximum absolute atomic E-state index is 12.5. The summed E-state index contributed by atoms with van der Waals surface area (Å²) >= 11 is 0. The molecule has 0 saturated carbocycles. The van der Waals surface area contributed by atoms with Crippen LogP contribution in [0.25, 0.3) is 0 Å². The van der Waals surface area contributed by atoms with E-state index in [1.54, 1.807) is 17.0 Å². The van der Waals surface area contributed by atoms with Gasteiger partial charge in [-0.05, 0) is 18.6 Å². The number of nitrogens with one attached hydrogen (secondary N) is 1. The molecule has 1 saturated heterocycles. The minimum atomic E-state index is -0.539. The van der Waals surface area contributed by atoms with E-state index in [0.29, 0.717) is 25.3 Å². The van der Waals surface area contributed by atoms with Crippen molar-refractivity contribution in [2.45, 2.75) is 19.4 Å². The Bertz CT molecular complexity index is 461. The van der Waals surface area contributed by atoms with Crippen molar-refractivity contribution in [2.24, 2.45) is 0 Å². The first-order chi connectivity index (χ1) is 9.74. The quantitative estimate of drug-likeness (QED) is 0.894. The van der Waals surface area contributed by atoms with E-state index in [9.17, 15) is 9.59 Å². The number of rotatable bonds is 4. The first kappa shape index (κ1) is 14.5. The number of nitrogens with zero attached hydrogens (tertiary/aromatic N) is 1. The molecular weight excluding hydrogens is 256 g/mol. The van der Waals surface area contributed by atoms with E-state index < -0.39 is 6.04 Å². The Morgan fingerprint density at radius 3 is 2.80 bits per heavy atom. The molecule has 0 bridgehead atoms. The summed E-state index contributed by atoms with van der Waals surface area (Å²) in [6.07, 6.45) is 0.867. The van der Waals surface area contributed by atoms with Crippen LogP contribution in [0.15, 0.2) is 30.3 Å². The SMILES string of the molecule is CCCNC(=O)C1COCCN1C(=O)c1ccccc1. The van der Waals surface area contributed by atoms with E-state index in [1.165, 1.54) is 0 Å². The lowest BCUT2D eigenvalue weighted by Gasteiger charge is -2.34. The fourth-order valence-corrected chi connectivity index (χ4v) is 2.18. The molecular formula is C15H20N2O3. The largest absolute Gasteiger partial charge is 0.377 e. The molecule has 1 N–H and O–H groups in total. The lowest BCUT2D eigenvalue weighted by atomic mass is 10.1. The van der Waals surface area contributed by atoms with Gasteiger partial charge in [-0.1, -0.05) is 25.1 Å². The third kappa shape index (κ3) is 3.36. The monoisotopic (exact) mass is 276 g/mol. The highest BCUT2D eigenvalue weighted by atomic mass is 16.5. The molecule has 1 heterocycles. The van der Waals surface area contributed by atoms with Gasteiger partial charge in [0.1, 0.15) is 6.04 Å². The summed E-state index contributed by atoms with van der Waals surface area (Å²) in [5.41, 5.74) is 0.600. The second-order valence-corrected chi connectivity index (χ2v) is 4.75. The number of benzene rings is 1. The molecule has 0 spiro atoms. The molecule has 1 unspecified atom stereocenters. The zero-order chi connectivity index (χ0) is 14.4. The van der Waals surface area contributed by atoms with Gasteiger partial charge in [0.15, 0.2) is 0 Å². The van der Waals surface area contributed by atoms with E-state index in [-0.39, 0.29) is 18.4 Å². The van der Waals surface area contributed by atoms with E-state index in [4.69, 9.17) is 4.74 Å². The number of hydrogen-bond acceptors (Lipinski definition) is 3. The number of ether oxygens (including phenoxy) is 1. The normalized spacial score (nSPS) is 18.6. The third-order valence-electron chi connectivity index (χ3n) is 3.26. The van der Waals surface area contributed by atoms with Gasteiger partial charge in [-0.25, -0.2) is 0 Å². The van der Waals surface area contributed by atoms with Crippen molar-refractivity contribution in [3.8, 4) is 0 Å². The third-order valence-corrected chi connectivity index (χ3v) is 3.26. The van der Waals surface area contributed by atoms with Gasteiger partial charge in [0.05, 0.1) is 13.2 Å². The van der Waals surface area contributed by atoms with Gasteiger partial charge < -0.3 is 15.0 Å². The smallest absolute Gasteiger partial charge is 0.254 e. The van der Waals surface area contributed by atoms with Crippen LogP contribution in [0.3, 0.4) is 0 Å². The van der Waals surface area contributed by atoms with Crippen LogP contribution in [0.2, 0.25) is 0 Å². The molecule has 5 heteroatoms. The lowest BCUT2D eigenvalue weighted by Crippen LogP contribution is -2.56. The van der Waals surface area contributed by atoms with Gasteiger partial charge in [-0.3, -0.25) is 9.59 Å². The van der Waals surface area contributed by atoms with Crippen molar-refractivity contribution >= 4 is 11.8 Å². The van der Waals surface area contributed by atoms with Crippen LogP contribution in [0.4, 0.5) is 0 Å². The molecule has 5 nitrogen and oxygen atoms in total. The molecule has 1 fully saturated rings. The zero-order valence-electron chi connectivity index (χ0n) is 11.7. The average Bonchev–Trinajstić information content (AvgIpc) is 2.52. The predicted molar refractivity (Wildman–Crippen MR) is 75.4 cm³/mol. The molecule has 1 aliphatic heterocycles. The van der Waals surface area contributed by atoms with Gasteiger partial charge in [0.2, 0.25) is 5.91 Å². The molecule has 1 aliphatic rings. The van der Waals surface area contributed by atoms with Crippen molar-refractivity contribution in [3.63, 3.8) is 0 Å². The molecule has 0 aromatic heterocycles. The van der Waals surface area contributed by atoms with Gasteiger partial charge in [-0.2, -0.15) is 0 Å². The Labute approximate surface area is 118 Å². The number of hydrogen-bond donors (Lipinski definition) is 1. The van der Waals surface area contributed by atoms with E-state index in [1.807, 2.05) is 25.1 Å². The molecule has 1 aromatic carbocycles. The standard InChI is InChI=1S/C15H20N2O3/c1-2-8-16-14(18)13-11-20-10-9-17(13)15(19)12-6-4-3-5-7-12/h3-7,13H,2,8-11H2,1H3,(H,16,18). The molecule has 20 heavy (non-hydrogen) atoms. The summed E-state index contributed by atoms with van der Waals surface area (Å²) in [5.74, 6) is -0.263. The van der Waals surface area contributed by atoms with Crippen molar-refractivity contribution < 1.29 is 14.3 Å². The molecule has 1 atom stereocenters. The predicted octanol–water partition coefficient (Wildman–Crippen LogP) is 1.05. The van der Waals surface area contributed by atoms with Crippen LogP contribution in [0, 0.1) is 0 Å². The van der Waals surface area contributed by atoms with Crippen LogP contribution in [0.5, 0.6) is 0 Å². The molecule has 2 amide bonds. The Morgan fingerprint density at radius 1 is 1.35 bits per heavy atom. The van der Waals surface area contributed by atoms with Crippen molar-refractivity contribution in [1.82, 2.24) is 10.2 Å². The minimum absolute atomic E-state index is 0.120. The number of carbonyl (C=O) groups excluding carboxylic acids is 2. The summed E-state index contributed by atoms with van der Waals surface area (Å²) < 4.78 is 5.34. The highest BCUT2D eigenvalue weighted by Gasteiger charge is 2.32. The summed E-state index contributed by atoms with van der Waals surface area (Å²) in [5, 5.41) is 2.83. The molecule has 108 valence electrons. The minimum Gasteiger partial charge on any atom is -0.377 e. The van der Waals surface area contributed by atoms with Gasteiger partial charge in [0.25, 0.3) is 5.91 Å². The second kappa shape index (κ2) is 7.05. The van der Waals surface area contributed by atoms with Crippen LogP contribution >= 0.6 is 0 Å². The Balaban J connectivity index is 2.10. The van der Waals surface area contributed by atoms with E-state index >= 15 is 0 Å². The number of morpholine rings is 1. The lowest BCUT2D eigenvalue weighted by molar-refractivity contribution is -0.130. The van der Waals surface area contributed by atoms with Crippen molar-refractivity contribution in [3.05, 3.63) is 35.9 Å². The van der Waals surface area contributed by atoms with Crippen molar-refractivity contribution in [1.29, 1.82) is 0 Å². The average molecular weight is 276 g/mol. The molecule has 0 aliphatic carbocycles. The van der Waals surface area contributed by atoms with Gasteiger partial charge in [-0.15, -0.1) is 0 Å². The summed E-state index contributed by atoms with van der Waals surface area (Å²) in [4.78, 5) is 26.2. The van der Waals surface area contributed by atoms with Crippen molar-refractivity contribution in [2.75, 3.05) is 26.3 Å². The summed E-state index contributed by atoms with van der Waals surface area (Å²) in [6, 6.07) is 8.49. The van der Waals surface area contributed by atoms with Gasteiger partial charge >= 0.3 is 0 Å². The number of amides is 2. The van der Waals surface area contributed by atoms with Crippen LogP contribution in [-0.2, 0) is 9.53 Å². The highest BCUT2D eigenvalue weighted by Crippen LogP contribution is 2.12. The van der Waals surface area contributed by atoms with Crippen LogP contribution in [0.1, 0.15) is 23.7 Å². The van der Waals surface area contributed by atoms with Crippen LogP contribution < -0.4 is 5.32 Å². The van der Waals surface area contributed by atoms with Gasteiger partial charge in [0, 0.05) is 18.7 Å². The van der Waals surface area contributed by atoms with E-state index in [2.05, 4.69) is 5.32 Å². The summed E-state index contributed by atoms with van der Waals surface area (Å²) in [7, 11) is 0. The topological polar surface area (TPSA) is 58.6 Å². The second-order valence-electron chi connectivity index (χ2n) is 4.75. The van der Waals surface area contributed by atoms with E-state index in [0.717, 1.165) is 6.42 Å². The first-order valence-corrected chi connectivity index (χ1v) is 6.95. The maximum atomic E-state index is 12.5. The Morgan fingerprint density at radius 2 is 2.10 bits per heavy atom. The van der Waals surface area contributed by atoms with Crippen LogP contribution in [-0.4, -0.2) is 49.1 Å². The molecule has 1 aromatic rings. The Hall–Kier alpha value is -1.88. The molecule has 0 radical (unpaired) electrons. The zero-order valence-corrected chi connectivity index (χ0v) is 11.7. The fraction of sp³-hybridized carbons (Fsp3) is 0.467. The fourth-order valence-electron chi connectivity index (χ4n) is 2.18. The first-order valence-electron chi connectivity index (χ1n) is 6.95. The Kier molecular flexibility index (Phi) is 5.12.